The molecule has 2 amide bonds. The lowest BCUT2D eigenvalue weighted by Gasteiger charge is -2.19. The zero-order valence-corrected chi connectivity index (χ0v) is 22.4. The Morgan fingerprint density at radius 1 is 0.811 bits per heavy atom. The number of carbonyl (C=O) groups excluding carboxylic acids is 2. The summed E-state index contributed by atoms with van der Waals surface area (Å²) in [5.74, 6) is -0.00418. The molecule has 0 radical (unpaired) electrons. The van der Waals surface area contributed by atoms with Crippen molar-refractivity contribution in [3.63, 3.8) is 0 Å². The number of rotatable bonds is 9. The molecule has 0 unspecified atom stereocenters. The number of anilines is 2. The van der Waals surface area contributed by atoms with E-state index in [2.05, 4.69) is 36.7 Å². The molecule has 0 aliphatic rings. The Bertz CT molecular complexity index is 1240. The van der Waals surface area contributed by atoms with Crippen LogP contribution in [0.25, 0.3) is 0 Å². The maximum absolute atomic E-state index is 12.7. The normalized spacial score (nSPS) is 10.9. The summed E-state index contributed by atoms with van der Waals surface area (Å²) in [5.41, 5.74) is 3.38. The maximum Gasteiger partial charge on any atom is 0.257 e. The summed E-state index contributed by atoms with van der Waals surface area (Å²) in [4.78, 5) is 25.4. The molecule has 3 aromatic rings. The van der Waals surface area contributed by atoms with Crippen molar-refractivity contribution in [2.24, 2.45) is 0 Å². The highest BCUT2D eigenvalue weighted by Crippen LogP contribution is 2.23. The Labute approximate surface area is 223 Å². The maximum atomic E-state index is 12.7. The molecule has 3 rings (SSSR count). The van der Waals surface area contributed by atoms with Gasteiger partial charge in [0, 0.05) is 29.1 Å². The molecule has 0 saturated heterocycles. The highest BCUT2D eigenvalue weighted by Gasteiger charge is 2.15. The first kappa shape index (κ1) is 27.8. The molecule has 8 heteroatoms. The smallest absolute Gasteiger partial charge is 0.257 e. The molecule has 7 nitrogen and oxygen atoms in total. The van der Waals surface area contributed by atoms with Gasteiger partial charge in [-0.3, -0.25) is 14.9 Å². The number of ether oxygens (including phenoxy) is 2. The number of amides is 2. The highest BCUT2D eigenvalue weighted by molar-refractivity contribution is 7.80. The van der Waals surface area contributed by atoms with E-state index in [-0.39, 0.29) is 22.3 Å². The molecule has 3 aromatic carbocycles. The number of carbonyl (C=O) groups is 2. The third-order valence-electron chi connectivity index (χ3n) is 5.42. The van der Waals surface area contributed by atoms with Gasteiger partial charge in [-0.15, -0.1) is 0 Å². The number of hydrogen-bond donors (Lipinski definition) is 3. The van der Waals surface area contributed by atoms with E-state index >= 15 is 0 Å². The molecular weight excluding hydrogens is 486 g/mol. The topological polar surface area (TPSA) is 88.7 Å². The summed E-state index contributed by atoms with van der Waals surface area (Å²) in [7, 11) is 0. The summed E-state index contributed by atoms with van der Waals surface area (Å²) >= 11 is 5.32. The minimum atomic E-state index is -0.365. The van der Waals surface area contributed by atoms with Gasteiger partial charge in [0.1, 0.15) is 12.4 Å². The molecule has 0 bridgehead atoms. The molecule has 0 aromatic heterocycles. The summed E-state index contributed by atoms with van der Waals surface area (Å²) in [6, 6.07) is 21.5. The standard InChI is InChI=1S/C29H33N3O4S/c1-5-35-16-17-36-25-11-6-8-21(18-25)27(34)32-28(37)31-24-10-7-9-23(19-24)30-26(33)20-12-14-22(15-13-20)29(2,3)4/h6-15,18-19H,5,16-17H2,1-4H3,(H,30,33)(H2,31,32,34,37). The van der Waals surface area contributed by atoms with Crippen LogP contribution < -0.4 is 20.7 Å². The average molecular weight is 520 g/mol. The second-order valence-electron chi connectivity index (χ2n) is 9.34. The van der Waals surface area contributed by atoms with E-state index in [1.165, 1.54) is 0 Å². The van der Waals surface area contributed by atoms with Crippen LogP contribution in [0.5, 0.6) is 5.75 Å². The Kier molecular flexibility index (Phi) is 9.77. The van der Waals surface area contributed by atoms with E-state index in [4.69, 9.17) is 21.7 Å². The Balaban J connectivity index is 1.56. The molecule has 0 heterocycles. The van der Waals surface area contributed by atoms with E-state index < -0.39 is 0 Å². The molecule has 0 atom stereocenters. The van der Waals surface area contributed by atoms with Gasteiger partial charge in [-0.2, -0.15) is 0 Å². The number of benzene rings is 3. The van der Waals surface area contributed by atoms with E-state index in [1.807, 2.05) is 31.2 Å². The van der Waals surface area contributed by atoms with Crippen LogP contribution in [0.15, 0.2) is 72.8 Å². The highest BCUT2D eigenvalue weighted by atomic mass is 32.1. The molecule has 194 valence electrons. The van der Waals surface area contributed by atoms with Crippen LogP contribution >= 0.6 is 12.2 Å². The number of thiocarbonyl (C=S) groups is 1. The molecule has 0 aliphatic carbocycles. The predicted molar refractivity (Wildman–Crippen MR) is 152 cm³/mol. The Morgan fingerprint density at radius 3 is 2.16 bits per heavy atom. The molecular formula is C29H33N3O4S. The van der Waals surface area contributed by atoms with Crippen molar-refractivity contribution in [2.45, 2.75) is 33.1 Å². The largest absolute Gasteiger partial charge is 0.491 e. The van der Waals surface area contributed by atoms with Crippen LogP contribution in [-0.4, -0.2) is 36.7 Å². The minimum absolute atomic E-state index is 0.0170. The van der Waals surface area contributed by atoms with Crippen LogP contribution in [0.1, 0.15) is 54.0 Å². The van der Waals surface area contributed by atoms with Crippen LogP contribution in [0.4, 0.5) is 11.4 Å². The summed E-state index contributed by atoms with van der Waals surface area (Å²) in [5, 5.41) is 8.68. The van der Waals surface area contributed by atoms with Gasteiger partial charge in [0.25, 0.3) is 11.8 Å². The van der Waals surface area contributed by atoms with Crippen molar-refractivity contribution in [3.05, 3.63) is 89.5 Å². The van der Waals surface area contributed by atoms with Gasteiger partial charge >= 0.3 is 0 Å². The summed E-state index contributed by atoms with van der Waals surface area (Å²) in [6.07, 6.45) is 0. The van der Waals surface area contributed by atoms with Crippen molar-refractivity contribution < 1.29 is 19.1 Å². The van der Waals surface area contributed by atoms with Crippen molar-refractivity contribution in [2.75, 3.05) is 30.5 Å². The lowest BCUT2D eigenvalue weighted by atomic mass is 9.87. The zero-order chi connectivity index (χ0) is 26.8. The van der Waals surface area contributed by atoms with Gasteiger partial charge in [-0.1, -0.05) is 45.0 Å². The fourth-order valence-corrected chi connectivity index (χ4v) is 3.64. The summed E-state index contributed by atoms with van der Waals surface area (Å²) < 4.78 is 10.9. The second kappa shape index (κ2) is 13.0. The number of nitrogens with one attached hydrogen (secondary N) is 3. The van der Waals surface area contributed by atoms with Gasteiger partial charge in [0.05, 0.1) is 6.61 Å². The number of hydrogen-bond acceptors (Lipinski definition) is 5. The van der Waals surface area contributed by atoms with Gasteiger partial charge in [0.2, 0.25) is 0 Å². The van der Waals surface area contributed by atoms with Gasteiger partial charge in [-0.05, 0) is 78.7 Å². The van der Waals surface area contributed by atoms with Crippen LogP contribution in [0, 0.1) is 0 Å². The zero-order valence-electron chi connectivity index (χ0n) is 21.6. The first-order valence-corrected chi connectivity index (χ1v) is 12.5. The van der Waals surface area contributed by atoms with E-state index in [9.17, 15) is 9.59 Å². The van der Waals surface area contributed by atoms with E-state index in [0.717, 1.165) is 5.56 Å². The predicted octanol–water partition coefficient (Wildman–Crippen LogP) is 5.78. The first-order valence-electron chi connectivity index (χ1n) is 12.1. The lowest BCUT2D eigenvalue weighted by Crippen LogP contribution is -2.34. The molecule has 3 N–H and O–H groups in total. The second-order valence-corrected chi connectivity index (χ2v) is 9.75. The van der Waals surface area contributed by atoms with E-state index in [1.54, 1.807) is 48.5 Å². The quantitative estimate of drug-likeness (QED) is 0.245. The SMILES string of the molecule is CCOCCOc1cccc(C(=O)NC(=S)Nc2cccc(NC(=O)c3ccc(C(C)(C)C)cc3)c2)c1. The molecule has 0 saturated carbocycles. The third kappa shape index (κ3) is 8.70. The van der Waals surface area contributed by atoms with Crippen LogP contribution in [0.3, 0.4) is 0 Å². The van der Waals surface area contributed by atoms with Gasteiger partial charge in [0.15, 0.2) is 5.11 Å². The first-order chi connectivity index (χ1) is 17.7. The lowest BCUT2D eigenvalue weighted by molar-refractivity contribution is 0.0974. The van der Waals surface area contributed by atoms with Crippen molar-refractivity contribution >= 4 is 40.5 Å². The minimum Gasteiger partial charge on any atom is -0.491 e. The Morgan fingerprint density at radius 2 is 1.49 bits per heavy atom. The molecule has 0 fully saturated rings. The van der Waals surface area contributed by atoms with Crippen molar-refractivity contribution in [3.8, 4) is 5.75 Å². The van der Waals surface area contributed by atoms with Crippen molar-refractivity contribution in [1.82, 2.24) is 5.32 Å². The fraction of sp³-hybridized carbons (Fsp3) is 0.276. The molecule has 0 spiro atoms. The van der Waals surface area contributed by atoms with Crippen LogP contribution in [0.2, 0.25) is 0 Å². The van der Waals surface area contributed by atoms with Crippen molar-refractivity contribution in [1.29, 1.82) is 0 Å². The fourth-order valence-electron chi connectivity index (χ4n) is 3.43. The molecule has 37 heavy (non-hydrogen) atoms. The van der Waals surface area contributed by atoms with Gasteiger partial charge in [-0.25, -0.2) is 0 Å². The summed E-state index contributed by atoms with van der Waals surface area (Å²) in [6.45, 7) is 9.80. The van der Waals surface area contributed by atoms with Crippen LogP contribution in [-0.2, 0) is 10.2 Å². The average Bonchev–Trinajstić information content (AvgIpc) is 2.86. The van der Waals surface area contributed by atoms with E-state index in [0.29, 0.717) is 48.1 Å². The monoisotopic (exact) mass is 519 g/mol. The van der Waals surface area contributed by atoms with Gasteiger partial charge < -0.3 is 20.1 Å². The third-order valence-corrected chi connectivity index (χ3v) is 5.62. The Hall–Kier alpha value is -3.75. The molecule has 0 aliphatic heterocycles.